The van der Waals surface area contributed by atoms with Gasteiger partial charge in [0.2, 0.25) is 24.3 Å². The summed E-state index contributed by atoms with van der Waals surface area (Å²) in [7, 11) is 0. The summed E-state index contributed by atoms with van der Waals surface area (Å²) in [5, 5.41) is 67.1. The van der Waals surface area contributed by atoms with Crippen LogP contribution in [-0.2, 0) is 86.0 Å². The molecule has 6 rings (SSSR count). The van der Waals surface area contributed by atoms with Gasteiger partial charge in [-0.05, 0) is 64.5 Å². The van der Waals surface area contributed by atoms with Gasteiger partial charge in [-0.15, -0.1) is 0 Å². The standard InChI is InChI=1S/2C34H48F2N4O13S2/c1-3-20(31(48)49)17-54-24-4-5-25(24)55-18-21(14-22(43)9-13-51-12-8-19(2)42)30(47)37-10-6-28(45)52-16-27(44)38-26-7-11-40(33(50)39-26)32-34(35,36)29(46)23(15-41)53-32;1-3-20(17-54-24-4-5-25(24)55-18-21(31(48)49)14-22(43)9-13-51-12-8-19(2)42)30(47)37-10-6-28(45)52-16-27(44)38-26-7-11-40(33(50)39-26)32-34(35,36)29(46)23(15-41)53-32/h2*7,11,20-21,23-25,29,32,41,46H,3-6,8-10,12-18H2,1-2H3,(H,37,47)(H,48,49)(H,38,39,44,50)/t20?,21?,23-,24?,25?,29-,32?;20?,21?,23-,24?,25?,29-,32-/m00/s1. The number of hydrogen-bond acceptors (Lipinski definition) is 30. The Labute approximate surface area is 646 Å². The summed E-state index contributed by atoms with van der Waals surface area (Å²) in [6.45, 7) is 3.59. The number of alkyl halides is 4. The van der Waals surface area contributed by atoms with Crippen LogP contribution in [0.3, 0.4) is 0 Å². The van der Waals surface area contributed by atoms with Crippen LogP contribution in [-0.4, -0.2) is 267 Å². The summed E-state index contributed by atoms with van der Waals surface area (Å²) in [5.41, 5.74) is -2.50. The number of amides is 4. The molecule has 4 fully saturated rings. The van der Waals surface area contributed by atoms with Gasteiger partial charge in [0.25, 0.3) is 11.8 Å². The smallest absolute Gasteiger partial charge is 0.351 e. The van der Waals surface area contributed by atoms with Crippen LogP contribution in [0.15, 0.2) is 34.1 Å². The molecule has 42 heteroatoms. The lowest BCUT2D eigenvalue weighted by atomic mass is 9.99. The van der Waals surface area contributed by atoms with Gasteiger partial charge in [-0.2, -0.15) is 74.6 Å². The lowest BCUT2D eigenvalue weighted by Gasteiger charge is -2.36. The van der Waals surface area contributed by atoms with Gasteiger partial charge < -0.3 is 80.3 Å². The van der Waals surface area contributed by atoms with E-state index in [1.54, 1.807) is 35.3 Å². The molecule has 14 atom stereocenters. The highest BCUT2D eigenvalue weighted by molar-refractivity contribution is 8.04. The quantitative estimate of drug-likeness (QED) is 0.0258. The third-order valence-electron chi connectivity index (χ3n) is 17.8. The number of ether oxygens (including phenoxy) is 6. The van der Waals surface area contributed by atoms with Crippen LogP contribution in [0.2, 0.25) is 0 Å². The normalized spacial score (nSPS) is 22.5. The molecule has 4 amide bonds. The van der Waals surface area contributed by atoms with Gasteiger partial charge in [0.05, 0.1) is 70.2 Å². The second kappa shape index (κ2) is 46.9. The lowest BCUT2D eigenvalue weighted by molar-refractivity contribution is -0.147. The molecule has 0 spiro atoms. The van der Waals surface area contributed by atoms with E-state index < -0.39 is 146 Å². The maximum Gasteiger partial charge on any atom is 0.351 e. The Morgan fingerprint density at radius 3 is 1.22 bits per heavy atom. The number of hydrogen-bond donors (Lipinski definition) is 10. The van der Waals surface area contributed by atoms with Crippen molar-refractivity contribution in [1.82, 2.24) is 29.7 Å². The van der Waals surface area contributed by atoms with Crippen LogP contribution in [0.25, 0.3) is 0 Å². The Morgan fingerprint density at radius 1 is 0.536 bits per heavy atom. The minimum atomic E-state index is -3.93. The fourth-order valence-electron chi connectivity index (χ4n) is 10.8. The molecule has 2 aromatic rings. The predicted octanol–water partition coefficient (Wildman–Crippen LogP) is 2.37. The average molecular weight is 1650 g/mol. The van der Waals surface area contributed by atoms with Gasteiger partial charge in [0.15, 0.2) is 25.4 Å². The van der Waals surface area contributed by atoms with Gasteiger partial charge >= 0.3 is 47.1 Å². The Kier molecular flexibility index (Phi) is 39.9. The van der Waals surface area contributed by atoms with E-state index in [-0.39, 0.29) is 164 Å². The Hall–Kier alpha value is -7.00. The van der Waals surface area contributed by atoms with Crippen LogP contribution in [0.5, 0.6) is 0 Å². The molecule has 0 bridgehead atoms. The summed E-state index contributed by atoms with van der Waals surface area (Å²) in [5.74, 6) is -15.8. The molecule has 10 N–H and O–H groups in total. The van der Waals surface area contributed by atoms with Crippen LogP contribution in [0.4, 0.5) is 29.2 Å². The third kappa shape index (κ3) is 30.2. The Morgan fingerprint density at radius 2 is 0.882 bits per heavy atom. The average Bonchev–Trinajstić information content (AvgIpc) is 1.62. The number of nitrogens with zero attached hydrogens (tertiary/aromatic N) is 4. The second-order valence-corrected chi connectivity index (χ2v) is 31.3. The minimum absolute atomic E-state index is 0.0148. The van der Waals surface area contributed by atoms with Crippen molar-refractivity contribution in [2.45, 2.75) is 187 Å². The molecule has 2 saturated carbocycles. The third-order valence-corrected chi connectivity index (χ3v) is 24.5. The van der Waals surface area contributed by atoms with E-state index in [9.17, 15) is 105 Å². The zero-order valence-corrected chi connectivity index (χ0v) is 64.2. The van der Waals surface area contributed by atoms with Gasteiger partial charge in [-0.25, -0.2) is 9.59 Å². The number of aliphatic carboxylic acids is 2. The summed E-state index contributed by atoms with van der Waals surface area (Å²) >= 11 is 6.29. The number of aromatic nitrogens is 4. The number of rotatable bonds is 50. The summed E-state index contributed by atoms with van der Waals surface area (Å²) in [6.07, 6.45) is -6.22. The molecule has 616 valence electrons. The van der Waals surface area contributed by atoms with E-state index in [0.717, 1.165) is 50.2 Å². The molecule has 2 saturated heterocycles. The Balaban J connectivity index is 0.000000394. The fraction of sp³-hybridized carbons (Fsp3) is 0.706. The predicted molar refractivity (Wildman–Crippen MR) is 389 cm³/mol. The fourth-order valence-corrected chi connectivity index (χ4v) is 17.5. The van der Waals surface area contributed by atoms with Gasteiger partial charge in [-0.1, -0.05) is 13.8 Å². The summed E-state index contributed by atoms with van der Waals surface area (Å²) in [6, 6.07) is 2.02. The van der Waals surface area contributed by atoms with Crippen molar-refractivity contribution < 1.29 is 134 Å². The summed E-state index contributed by atoms with van der Waals surface area (Å²) < 4.78 is 88.6. The van der Waals surface area contributed by atoms with E-state index in [4.69, 9.17) is 38.6 Å². The number of ketones is 4. The molecular formula is C68H96F4N8O26S4. The SMILES string of the molecule is CCC(CSC1CCC1SCC(CC(=O)CCOCCC(C)=O)C(=O)NCCC(=O)OCC(=O)Nc1ccn(C2O[C@@H](CO)[C@H](O)C2(F)F)c(=O)n1)C(=O)O.CCC(CSC1CCC1SCC(CC(=O)CCOCCC(C)=O)C(=O)O)C(=O)NCCC(=O)OCC(=O)Nc1ccn([C@H]2O[C@@H](CO)[C@H](O)C2(F)F)c(=O)n1. The zero-order chi connectivity index (χ0) is 81.4. The van der Waals surface area contributed by atoms with E-state index >= 15 is 0 Å². The number of Topliss-reactive ketones (excluding diaryl/α,β-unsaturated/α-hetero) is 4. The van der Waals surface area contributed by atoms with Crippen LogP contribution in [0.1, 0.15) is 130 Å². The highest BCUT2D eigenvalue weighted by atomic mass is 32.2. The molecule has 2 aliphatic carbocycles. The maximum absolute atomic E-state index is 14.4. The van der Waals surface area contributed by atoms with Crippen molar-refractivity contribution in [2.24, 2.45) is 23.7 Å². The molecule has 34 nitrogen and oxygen atoms in total. The van der Waals surface area contributed by atoms with Gasteiger partial charge in [0, 0.05) is 114 Å². The molecule has 2 aliphatic heterocycles. The molecule has 2 aromatic heterocycles. The highest BCUT2D eigenvalue weighted by Gasteiger charge is 2.61. The van der Waals surface area contributed by atoms with Crippen molar-refractivity contribution in [2.75, 3.05) is 99.6 Å². The molecule has 0 radical (unpaired) electrons. The number of thioether (sulfide) groups is 4. The van der Waals surface area contributed by atoms with E-state index in [1.807, 2.05) is 13.8 Å². The number of carbonyl (C=O) groups excluding carboxylic acids is 10. The number of aliphatic hydroxyl groups excluding tert-OH is 4. The molecule has 110 heavy (non-hydrogen) atoms. The van der Waals surface area contributed by atoms with Crippen molar-refractivity contribution in [1.29, 1.82) is 0 Å². The number of aliphatic hydroxyl groups is 4. The number of halogens is 4. The summed E-state index contributed by atoms with van der Waals surface area (Å²) in [4.78, 5) is 177. The minimum Gasteiger partial charge on any atom is -0.481 e. The topological polar surface area (TPSA) is 500 Å². The van der Waals surface area contributed by atoms with E-state index in [2.05, 4.69) is 31.2 Å². The number of carboxylic acids is 2. The lowest BCUT2D eigenvalue weighted by Crippen LogP contribution is -2.41. The monoisotopic (exact) mass is 1640 g/mol. The first-order chi connectivity index (χ1) is 52.1. The second-order valence-electron chi connectivity index (χ2n) is 26.2. The number of esters is 2. The molecule has 0 aromatic carbocycles. The molecule has 4 aliphatic rings. The Bertz CT molecular complexity index is 3590. The van der Waals surface area contributed by atoms with Crippen molar-refractivity contribution in [3.05, 3.63) is 45.5 Å². The van der Waals surface area contributed by atoms with Crippen molar-refractivity contribution >= 4 is 129 Å². The van der Waals surface area contributed by atoms with E-state index in [0.29, 0.717) is 39.2 Å². The van der Waals surface area contributed by atoms with Crippen molar-refractivity contribution in [3.8, 4) is 0 Å². The van der Waals surface area contributed by atoms with E-state index in [1.165, 1.54) is 25.6 Å². The number of anilines is 2. The number of carbonyl (C=O) groups is 12. The van der Waals surface area contributed by atoms with Crippen LogP contribution < -0.4 is 32.6 Å². The largest absolute Gasteiger partial charge is 0.481 e. The van der Waals surface area contributed by atoms with Gasteiger partial charge in [-0.3, -0.25) is 66.7 Å². The van der Waals surface area contributed by atoms with Gasteiger partial charge in [0.1, 0.15) is 47.0 Å². The number of nitrogens with one attached hydrogen (secondary N) is 4. The molecular weight excluding hydrogens is 1550 g/mol. The first-order valence-corrected chi connectivity index (χ1v) is 39.7. The molecule has 4 heterocycles. The zero-order valence-electron chi connectivity index (χ0n) is 61.0. The van der Waals surface area contributed by atoms with Crippen LogP contribution >= 0.6 is 47.0 Å². The van der Waals surface area contributed by atoms with Crippen LogP contribution in [0, 0.1) is 23.7 Å². The molecule has 9 unspecified atom stereocenters. The number of carboxylic acid groups (broad SMARTS) is 2. The van der Waals surface area contributed by atoms with Crippen molar-refractivity contribution in [3.63, 3.8) is 0 Å². The maximum atomic E-state index is 14.4. The highest BCUT2D eigenvalue weighted by Crippen LogP contribution is 2.45. The first-order valence-electron chi connectivity index (χ1n) is 35.5. The first kappa shape index (κ1) is 93.6.